The number of rotatable bonds is 5. The lowest BCUT2D eigenvalue weighted by Crippen LogP contribution is -2.35. The van der Waals surface area contributed by atoms with Crippen LogP contribution in [0.5, 0.6) is 0 Å². The van der Waals surface area contributed by atoms with Crippen LogP contribution in [0.1, 0.15) is 25.1 Å². The minimum absolute atomic E-state index is 0.0608. The van der Waals surface area contributed by atoms with Crippen molar-refractivity contribution >= 4 is 0 Å². The van der Waals surface area contributed by atoms with E-state index in [0.29, 0.717) is 0 Å². The van der Waals surface area contributed by atoms with E-state index in [1.54, 1.807) is 0 Å². The summed E-state index contributed by atoms with van der Waals surface area (Å²) in [6, 6.07) is 4.11. The zero-order valence-electron chi connectivity index (χ0n) is 11.2. The molecule has 96 valence electrons. The SMILES string of the molecule is CNC(C)(C)c1cncn1CCc1ccncc1. The molecule has 0 amide bonds. The van der Waals surface area contributed by atoms with E-state index in [0.717, 1.165) is 13.0 Å². The maximum Gasteiger partial charge on any atom is 0.0948 e. The molecule has 0 aliphatic rings. The number of hydrogen-bond donors (Lipinski definition) is 1. The molecular weight excluding hydrogens is 224 g/mol. The van der Waals surface area contributed by atoms with Crippen molar-refractivity contribution in [2.24, 2.45) is 0 Å². The normalized spacial score (nSPS) is 11.7. The first kappa shape index (κ1) is 12.8. The molecule has 4 nitrogen and oxygen atoms in total. The van der Waals surface area contributed by atoms with E-state index in [1.165, 1.54) is 11.3 Å². The van der Waals surface area contributed by atoms with Gasteiger partial charge in [0.15, 0.2) is 0 Å². The van der Waals surface area contributed by atoms with Gasteiger partial charge in [-0.25, -0.2) is 4.98 Å². The lowest BCUT2D eigenvalue weighted by molar-refractivity contribution is 0.408. The molecule has 0 saturated heterocycles. The smallest absolute Gasteiger partial charge is 0.0948 e. The molecule has 0 aliphatic carbocycles. The quantitative estimate of drug-likeness (QED) is 0.874. The fourth-order valence-electron chi connectivity index (χ4n) is 1.95. The Morgan fingerprint density at radius 1 is 1.22 bits per heavy atom. The number of aryl methyl sites for hydroxylation is 2. The van der Waals surface area contributed by atoms with Crippen LogP contribution in [-0.4, -0.2) is 21.6 Å². The summed E-state index contributed by atoms with van der Waals surface area (Å²) in [4.78, 5) is 8.29. The summed E-state index contributed by atoms with van der Waals surface area (Å²) in [6.07, 6.45) is 8.49. The average molecular weight is 244 g/mol. The van der Waals surface area contributed by atoms with Crippen molar-refractivity contribution < 1.29 is 0 Å². The Labute approximate surface area is 108 Å². The summed E-state index contributed by atoms with van der Waals surface area (Å²) >= 11 is 0. The number of nitrogens with one attached hydrogen (secondary N) is 1. The molecular formula is C14H20N4. The largest absolute Gasteiger partial charge is 0.333 e. The van der Waals surface area contributed by atoms with Gasteiger partial charge in [-0.05, 0) is 45.0 Å². The van der Waals surface area contributed by atoms with Gasteiger partial charge >= 0.3 is 0 Å². The zero-order valence-corrected chi connectivity index (χ0v) is 11.2. The van der Waals surface area contributed by atoms with E-state index in [4.69, 9.17) is 0 Å². The Balaban J connectivity index is 2.09. The highest BCUT2D eigenvalue weighted by Crippen LogP contribution is 2.19. The van der Waals surface area contributed by atoms with Crippen molar-refractivity contribution in [2.75, 3.05) is 7.05 Å². The number of pyridine rings is 1. The Bertz CT molecular complexity index is 488. The molecule has 4 heteroatoms. The van der Waals surface area contributed by atoms with Crippen molar-refractivity contribution in [3.05, 3.63) is 48.3 Å². The zero-order chi connectivity index (χ0) is 13.0. The number of aromatic nitrogens is 3. The van der Waals surface area contributed by atoms with Gasteiger partial charge in [-0.2, -0.15) is 0 Å². The van der Waals surface area contributed by atoms with Crippen LogP contribution in [0.25, 0.3) is 0 Å². The van der Waals surface area contributed by atoms with Crippen LogP contribution in [0.3, 0.4) is 0 Å². The summed E-state index contributed by atoms with van der Waals surface area (Å²) in [7, 11) is 1.97. The van der Waals surface area contributed by atoms with Gasteiger partial charge < -0.3 is 9.88 Å². The standard InChI is InChI=1S/C14H20N4/c1-14(2,15-3)13-10-17-11-18(13)9-6-12-4-7-16-8-5-12/h4-5,7-8,10-11,15H,6,9H2,1-3H3. The number of imidazole rings is 1. The van der Waals surface area contributed by atoms with Gasteiger partial charge in [0.25, 0.3) is 0 Å². The van der Waals surface area contributed by atoms with Gasteiger partial charge in [0.2, 0.25) is 0 Å². The van der Waals surface area contributed by atoms with Gasteiger partial charge in [-0.1, -0.05) is 0 Å². The van der Waals surface area contributed by atoms with E-state index in [1.807, 2.05) is 32.0 Å². The molecule has 0 radical (unpaired) electrons. The van der Waals surface area contributed by atoms with E-state index in [-0.39, 0.29) is 5.54 Å². The Kier molecular flexibility index (Phi) is 3.77. The lowest BCUT2D eigenvalue weighted by atomic mass is 10.0. The summed E-state index contributed by atoms with van der Waals surface area (Å²) in [5, 5.41) is 3.31. The third-order valence-corrected chi connectivity index (χ3v) is 3.37. The third-order valence-electron chi connectivity index (χ3n) is 3.37. The Morgan fingerprint density at radius 3 is 2.61 bits per heavy atom. The van der Waals surface area contributed by atoms with Gasteiger partial charge in [0.05, 0.1) is 17.6 Å². The van der Waals surface area contributed by atoms with Crippen LogP contribution in [0.2, 0.25) is 0 Å². The predicted molar refractivity (Wildman–Crippen MR) is 72.3 cm³/mol. The minimum atomic E-state index is -0.0608. The van der Waals surface area contributed by atoms with Crippen LogP contribution in [0.4, 0.5) is 0 Å². The fourth-order valence-corrected chi connectivity index (χ4v) is 1.95. The van der Waals surface area contributed by atoms with E-state index >= 15 is 0 Å². The van der Waals surface area contributed by atoms with E-state index in [2.05, 4.69) is 45.8 Å². The molecule has 2 aromatic heterocycles. The first-order valence-corrected chi connectivity index (χ1v) is 6.22. The third kappa shape index (κ3) is 2.76. The molecule has 2 rings (SSSR count). The van der Waals surface area contributed by atoms with Gasteiger partial charge in [-0.15, -0.1) is 0 Å². The molecule has 0 unspecified atom stereocenters. The maximum atomic E-state index is 4.26. The summed E-state index contributed by atoms with van der Waals surface area (Å²) in [5.41, 5.74) is 2.44. The summed E-state index contributed by atoms with van der Waals surface area (Å²) in [6.45, 7) is 5.25. The second kappa shape index (κ2) is 5.31. The van der Waals surface area contributed by atoms with Gasteiger partial charge in [0.1, 0.15) is 0 Å². The second-order valence-electron chi connectivity index (χ2n) is 4.95. The molecule has 18 heavy (non-hydrogen) atoms. The van der Waals surface area contributed by atoms with Crippen molar-refractivity contribution in [3.63, 3.8) is 0 Å². The van der Waals surface area contributed by atoms with Gasteiger partial charge in [-0.3, -0.25) is 4.98 Å². The fraction of sp³-hybridized carbons (Fsp3) is 0.429. The molecule has 0 aliphatic heterocycles. The van der Waals surface area contributed by atoms with Crippen molar-refractivity contribution in [3.8, 4) is 0 Å². The highest BCUT2D eigenvalue weighted by molar-refractivity contribution is 5.13. The number of hydrogen-bond acceptors (Lipinski definition) is 3. The highest BCUT2D eigenvalue weighted by atomic mass is 15.1. The van der Waals surface area contributed by atoms with Gasteiger partial charge in [0, 0.05) is 25.1 Å². The molecule has 0 atom stereocenters. The molecule has 2 heterocycles. The molecule has 1 N–H and O–H groups in total. The summed E-state index contributed by atoms with van der Waals surface area (Å²) in [5.74, 6) is 0. The minimum Gasteiger partial charge on any atom is -0.333 e. The lowest BCUT2D eigenvalue weighted by Gasteiger charge is -2.25. The second-order valence-corrected chi connectivity index (χ2v) is 4.95. The molecule has 0 aromatic carbocycles. The van der Waals surface area contributed by atoms with Crippen LogP contribution >= 0.6 is 0 Å². The summed E-state index contributed by atoms with van der Waals surface area (Å²) < 4.78 is 2.21. The monoisotopic (exact) mass is 244 g/mol. The molecule has 0 fully saturated rings. The maximum absolute atomic E-state index is 4.26. The Hall–Kier alpha value is -1.68. The first-order valence-electron chi connectivity index (χ1n) is 6.22. The highest BCUT2D eigenvalue weighted by Gasteiger charge is 2.21. The average Bonchev–Trinajstić information content (AvgIpc) is 2.87. The van der Waals surface area contributed by atoms with Crippen molar-refractivity contribution in [2.45, 2.75) is 32.4 Å². The Morgan fingerprint density at radius 2 is 1.94 bits per heavy atom. The van der Waals surface area contributed by atoms with Crippen molar-refractivity contribution in [1.29, 1.82) is 0 Å². The van der Waals surface area contributed by atoms with Crippen LogP contribution in [0, 0.1) is 0 Å². The molecule has 0 spiro atoms. The van der Waals surface area contributed by atoms with Crippen molar-refractivity contribution in [1.82, 2.24) is 19.9 Å². The topological polar surface area (TPSA) is 42.7 Å². The molecule has 2 aromatic rings. The predicted octanol–water partition coefficient (Wildman–Crippen LogP) is 1.98. The van der Waals surface area contributed by atoms with Crippen LogP contribution in [0.15, 0.2) is 37.1 Å². The number of nitrogens with zero attached hydrogens (tertiary/aromatic N) is 3. The first-order chi connectivity index (χ1) is 8.63. The molecule has 0 bridgehead atoms. The van der Waals surface area contributed by atoms with E-state index < -0.39 is 0 Å². The van der Waals surface area contributed by atoms with Crippen LogP contribution in [-0.2, 0) is 18.5 Å². The van der Waals surface area contributed by atoms with E-state index in [9.17, 15) is 0 Å². The van der Waals surface area contributed by atoms with Crippen LogP contribution < -0.4 is 5.32 Å². The molecule has 0 saturated carbocycles.